The third-order valence-corrected chi connectivity index (χ3v) is 7.78. The van der Waals surface area contributed by atoms with Crippen molar-refractivity contribution in [2.45, 2.75) is 69.8 Å². The SMILES string of the molecule is CC[C@H](C(=O)NC1CCCCC1)N(Cc1ccccc1Cl)C(=O)CSCc1ccccc1Cl. The lowest BCUT2D eigenvalue weighted by molar-refractivity contribution is -0.139. The number of hydrogen-bond acceptors (Lipinski definition) is 3. The van der Waals surface area contributed by atoms with Crippen LogP contribution in [0.3, 0.4) is 0 Å². The molecule has 0 saturated heterocycles. The van der Waals surface area contributed by atoms with Crippen molar-refractivity contribution < 1.29 is 9.59 Å². The smallest absolute Gasteiger partial charge is 0.243 e. The summed E-state index contributed by atoms with van der Waals surface area (Å²) in [6.45, 7) is 2.26. The number of hydrogen-bond donors (Lipinski definition) is 1. The van der Waals surface area contributed by atoms with Gasteiger partial charge in [0.15, 0.2) is 0 Å². The van der Waals surface area contributed by atoms with Crippen LogP contribution in [-0.4, -0.2) is 34.6 Å². The summed E-state index contributed by atoms with van der Waals surface area (Å²) in [6, 6.07) is 14.8. The third-order valence-electron chi connectivity index (χ3n) is 6.08. The van der Waals surface area contributed by atoms with Gasteiger partial charge in [-0.2, -0.15) is 0 Å². The van der Waals surface area contributed by atoms with E-state index in [2.05, 4.69) is 5.32 Å². The molecular weight excluding hydrogens is 475 g/mol. The summed E-state index contributed by atoms with van der Waals surface area (Å²) in [4.78, 5) is 28.3. The molecule has 2 aromatic rings. The average molecular weight is 508 g/mol. The van der Waals surface area contributed by atoms with E-state index in [4.69, 9.17) is 23.2 Å². The molecule has 0 aliphatic heterocycles. The highest BCUT2D eigenvalue weighted by Gasteiger charge is 2.30. The molecule has 2 amide bonds. The maximum absolute atomic E-state index is 13.4. The fourth-order valence-electron chi connectivity index (χ4n) is 4.22. The van der Waals surface area contributed by atoms with E-state index in [1.54, 1.807) is 4.90 Å². The van der Waals surface area contributed by atoms with E-state index >= 15 is 0 Å². The summed E-state index contributed by atoms with van der Waals surface area (Å²) in [6.07, 6.45) is 6.07. The minimum absolute atomic E-state index is 0.0686. The van der Waals surface area contributed by atoms with Gasteiger partial charge in [-0.25, -0.2) is 0 Å². The van der Waals surface area contributed by atoms with Gasteiger partial charge in [0.1, 0.15) is 6.04 Å². The summed E-state index contributed by atoms with van der Waals surface area (Å²) < 4.78 is 0. The van der Waals surface area contributed by atoms with Gasteiger partial charge in [-0.3, -0.25) is 9.59 Å². The Morgan fingerprint density at radius 2 is 1.61 bits per heavy atom. The molecular formula is C26H32Cl2N2O2S. The van der Waals surface area contributed by atoms with Crippen molar-refractivity contribution >= 4 is 46.8 Å². The normalized spacial score (nSPS) is 15.1. The van der Waals surface area contributed by atoms with Gasteiger partial charge in [0, 0.05) is 28.4 Å². The molecule has 0 aromatic heterocycles. The van der Waals surface area contributed by atoms with Crippen molar-refractivity contribution in [1.29, 1.82) is 0 Å². The van der Waals surface area contributed by atoms with Gasteiger partial charge in [-0.05, 0) is 42.5 Å². The van der Waals surface area contributed by atoms with Crippen LogP contribution < -0.4 is 5.32 Å². The van der Waals surface area contributed by atoms with Crippen molar-refractivity contribution in [2.24, 2.45) is 0 Å². The highest BCUT2D eigenvalue weighted by Crippen LogP contribution is 2.24. The standard InChI is InChI=1S/C26H32Cl2N2O2S/c1-2-24(26(32)29-21-12-4-3-5-13-21)30(16-19-10-6-8-14-22(19)27)25(31)18-33-17-20-11-7-9-15-23(20)28/h6-11,14-15,21,24H,2-5,12-13,16-18H2,1H3,(H,29,32)/t24-/m1/s1. The van der Waals surface area contributed by atoms with Crippen LogP contribution in [0, 0.1) is 0 Å². The molecule has 0 bridgehead atoms. The molecule has 0 spiro atoms. The number of amides is 2. The Labute approximate surface area is 211 Å². The summed E-state index contributed by atoms with van der Waals surface area (Å²) in [5.74, 6) is 0.762. The Morgan fingerprint density at radius 3 is 2.21 bits per heavy atom. The van der Waals surface area contributed by atoms with Gasteiger partial charge in [-0.15, -0.1) is 11.8 Å². The average Bonchev–Trinajstić information content (AvgIpc) is 2.82. The first-order valence-corrected chi connectivity index (χ1v) is 13.5. The van der Waals surface area contributed by atoms with E-state index in [-0.39, 0.29) is 23.6 Å². The van der Waals surface area contributed by atoms with Crippen LogP contribution in [0.2, 0.25) is 10.0 Å². The Balaban J connectivity index is 1.72. The molecule has 178 valence electrons. The monoisotopic (exact) mass is 506 g/mol. The minimum Gasteiger partial charge on any atom is -0.352 e. The summed E-state index contributed by atoms with van der Waals surface area (Å²) in [5, 5.41) is 4.50. The maximum atomic E-state index is 13.4. The summed E-state index contributed by atoms with van der Waals surface area (Å²) >= 11 is 14.2. The van der Waals surface area contributed by atoms with E-state index in [1.807, 2.05) is 55.5 Å². The fourth-order valence-corrected chi connectivity index (χ4v) is 5.61. The molecule has 0 radical (unpaired) electrons. The number of carbonyl (C=O) groups excluding carboxylic acids is 2. The molecule has 1 saturated carbocycles. The van der Waals surface area contributed by atoms with Crippen LogP contribution in [0.25, 0.3) is 0 Å². The van der Waals surface area contributed by atoms with Gasteiger partial charge in [0.2, 0.25) is 11.8 Å². The Morgan fingerprint density at radius 1 is 1.00 bits per heavy atom. The number of carbonyl (C=O) groups is 2. The van der Waals surface area contributed by atoms with Crippen LogP contribution in [0.1, 0.15) is 56.6 Å². The first-order valence-electron chi connectivity index (χ1n) is 11.6. The number of rotatable bonds is 10. The molecule has 1 fully saturated rings. The predicted molar refractivity (Wildman–Crippen MR) is 139 cm³/mol. The number of thioether (sulfide) groups is 1. The highest BCUT2D eigenvalue weighted by molar-refractivity contribution is 7.99. The van der Waals surface area contributed by atoms with Crippen LogP contribution in [0.15, 0.2) is 48.5 Å². The lowest BCUT2D eigenvalue weighted by Gasteiger charge is -2.33. The predicted octanol–water partition coefficient (Wildman–Crippen LogP) is 6.48. The zero-order valence-electron chi connectivity index (χ0n) is 19.1. The van der Waals surface area contributed by atoms with E-state index in [0.717, 1.165) is 36.8 Å². The number of nitrogens with zero attached hydrogens (tertiary/aromatic N) is 1. The number of nitrogens with one attached hydrogen (secondary N) is 1. The third kappa shape index (κ3) is 7.66. The molecule has 1 aliphatic carbocycles. The highest BCUT2D eigenvalue weighted by atomic mass is 35.5. The lowest BCUT2D eigenvalue weighted by atomic mass is 9.95. The Bertz CT molecular complexity index is 934. The number of benzene rings is 2. The second kappa shape index (κ2) is 13.3. The van der Waals surface area contributed by atoms with Crippen molar-refractivity contribution in [3.8, 4) is 0 Å². The molecule has 7 heteroatoms. The molecule has 1 aliphatic rings. The van der Waals surface area contributed by atoms with E-state index in [9.17, 15) is 9.59 Å². The minimum atomic E-state index is -0.531. The zero-order valence-corrected chi connectivity index (χ0v) is 21.4. The molecule has 33 heavy (non-hydrogen) atoms. The summed E-state index contributed by atoms with van der Waals surface area (Å²) in [7, 11) is 0. The van der Waals surface area contributed by atoms with Crippen molar-refractivity contribution in [1.82, 2.24) is 10.2 Å². The topological polar surface area (TPSA) is 49.4 Å². The van der Waals surface area contributed by atoms with Gasteiger partial charge in [0.25, 0.3) is 0 Å². The molecule has 0 unspecified atom stereocenters. The van der Waals surface area contributed by atoms with E-state index in [1.165, 1.54) is 18.2 Å². The number of halogens is 2. The second-order valence-corrected chi connectivity index (χ2v) is 10.3. The fraction of sp³-hybridized carbons (Fsp3) is 0.462. The van der Waals surface area contributed by atoms with Gasteiger partial charge < -0.3 is 10.2 Å². The molecule has 0 heterocycles. The van der Waals surface area contributed by atoms with Crippen LogP contribution in [-0.2, 0) is 21.9 Å². The lowest BCUT2D eigenvalue weighted by Crippen LogP contribution is -2.52. The quantitative estimate of drug-likeness (QED) is 0.400. The largest absolute Gasteiger partial charge is 0.352 e. The van der Waals surface area contributed by atoms with E-state index < -0.39 is 6.04 Å². The molecule has 1 N–H and O–H groups in total. The van der Waals surface area contributed by atoms with Gasteiger partial charge in [0.05, 0.1) is 5.75 Å². The Kier molecular flexibility index (Phi) is 10.4. The van der Waals surface area contributed by atoms with Crippen LogP contribution >= 0.6 is 35.0 Å². The van der Waals surface area contributed by atoms with Crippen LogP contribution in [0.4, 0.5) is 0 Å². The van der Waals surface area contributed by atoms with Crippen molar-refractivity contribution in [2.75, 3.05) is 5.75 Å². The van der Waals surface area contributed by atoms with Crippen molar-refractivity contribution in [3.63, 3.8) is 0 Å². The second-order valence-electron chi connectivity index (χ2n) is 8.46. The zero-order chi connectivity index (χ0) is 23.6. The maximum Gasteiger partial charge on any atom is 0.243 e. The van der Waals surface area contributed by atoms with E-state index in [0.29, 0.717) is 28.8 Å². The van der Waals surface area contributed by atoms with Crippen molar-refractivity contribution in [3.05, 3.63) is 69.7 Å². The Hall–Kier alpha value is -1.69. The van der Waals surface area contributed by atoms with Gasteiger partial charge in [-0.1, -0.05) is 85.8 Å². The van der Waals surface area contributed by atoms with Gasteiger partial charge >= 0.3 is 0 Å². The first-order chi connectivity index (χ1) is 16.0. The molecule has 3 rings (SSSR count). The molecule has 4 nitrogen and oxygen atoms in total. The first kappa shape index (κ1) is 25.9. The molecule has 1 atom stereocenters. The van der Waals surface area contributed by atoms with Crippen LogP contribution in [0.5, 0.6) is 0 Å². The molecule has 2 aromatic carbocycles. The summed E-state index contributed by atoms with van der Waals surface area (Å²) in [5.41, 5.74) is 1.84.